The van der Waals surface area contributed by atoms with Gasteiger partial charge in [-0.3, -0.25) is 4.90 Å². The van der Waals surface area contributed by atoms with Crippen LogP contribution in [0.15, 0.2) is 36.5 Å². The molecule has 1 aliphatic rings. The van der Waals surface area contributed by atoms with E-state index in [0.29, 0.717) is 5.95 Å². The van der Waals surface area contributed by atoms with Crippen molar-refractivity contribution in [2.45, 2.75) is 45.7 Å². The van der Waals surface area contributed by atoms with Crippen LogP contribution in [0.5, 0.6) is 0 Å². The summed E-state index contributed by atoms with van der Waals surface area (Å²) in [5, 5.41) is 3.44. The summed E-state index contributed by atoms with van der Waals surface area (Å²) < 4.78 is 2.22. The van der Waals surface area contributed by atoms with Crippen LogP contribution < -0.4 is 11.1 Å². The van der Waals surface area contributed by atoms with E-state index in [2.05, 4.69) is 62.1 Å². The minimum atomic E-state index is 0.317. The molecule has 0 unspecified atom stereocenters. The third-order valence-corrected chi connectivity index (χ3v) is 5.40. The Balaban J connectivity index is 1.57. The van der Waals surface area contributed by atoms with E-state index in [-0.39, 0.29) is 0 Å². The Morgan fingerprint density at radius 3 is 2.64 bits per heavy atom. The molecule has 0 amide bonds. The van der Waals surface area contributed by atoms with E-state index in [4.69, 9.17) is 5.73 Å². The van der Waals surface area contributed by atoms with Crippen molar-refractivity contribution in [1.82, 2.24) is 19.4 Å². The van der Waals surface area contributed by atoms with Crippen molar-refractivity contribution >= 4 is 22.8 Å². The Hall–Kier alpha value is -2.60. The van der Waals surface area contributed by atoms with Crippen LogP contribution in [0.2, 0.25) is 0 Å². The van der Waals surface area contributed by atoms with E-state index in [1.165, 1.54) is 37.1 Å². The highest BCUT2D eigenvalue weighted by Gasteiger charge is 2.13. The SMILES string of the molecule is CCCCNc1nc(N)nc2ccn(Cc3cccc(CN4CCCC4)c3)c12. The van der Waals surface area contributed by atoms with Gasteiger partial charge in [-0.05, 0) is 49.5 Å². The molecular weight excluding hydrogens is 348 g/mol. The number of hydrogen-bond donors (Lipinski definition) is 2. The van der Waals surface area contributed by atoms with Gasteiger partial charge in [-0.2, -0.15) is 4.98 Å². The molecule has 28 heavy (non-hydrogen) atoms. The first-order valence-electron chi connectivity index (χ1n) is 10.4. The summed E-state index contributed by atoms with van der Waals surface area (Å²) >= 11 is 0. The van der Waals surface area contributed by atoms with Crippen LogP contribution in [0.25, 0.3) is 11.0 Å². The molecule has 3 aromatic rings. The highest BCUT2D eigenvalue weighted by Crippen LogP contribution is 2.24. The maximum absolute atomic E-state index is 5.91. The molecule has 1 fully saturated rings. The van der Waals surface area contributed by atoms with Gasteiger partial charge in [0.25, 0.3) is 0 Å². The van der Waals surface area contributed by atoms with E-state index < -0.39 is 0 Å². The number of aromatic nitrogens is 3. The molecule has 3 N–H and O–H groups in total. The topological polar surface area (TPSA) is 72.0 Å². The minimum Gasteiger partial charge on any atom is -0.368 e. The van der Waals surface area contributed by atoms with Gasteiger partial charge in [0.2, 0.25) is 5.95 Å². The fourth-order valence-electron chi connectivity index (χ4n) is 3.99. The molecule has 0 saturated carbocycles. The number of unbranched alkanes of at least 4 members (excludes halogenated alkanes) is 1. The lowest BCUT2D eigenvalue weighted by Crippen LogP contribution is -2.18. The minimum absolute atomic E-state index is 0.317. The molecule has 0 bridgehead atoms. The van der Waals surface area contributed by atoms with E-state index >= 15 is 0 Å². The second-order valence-corrected chi connectivity index (χ2v) is 7.69. The second kappa shape index (κ2) is 8.61. The average molecular weight is 379 g/mol. The molecule has 148 valence electrons. The van der Waals surface area contributed by atoms with Crippen molar-refractivity contribution in [3.63, 3.8) is 0 Å². The maximum atomic E-state index is 5.91. The molecule has 0 spiro atoms. The number of nitrogen functional groups attached to an aromatic ring is 1. The number of benzene rings is 1. The second-order valence-electron chi connectivity index (χ2n) is 7.69. The molecule has 0 atom stereocenters. The molecule has 1 aromatic carbocycles. The average Bonchev–Trinajstić information content (AvgIpc) is 3.32. The Bertz CT molecular complexity index is 926. The zero-order valence-corrected chi connectivity index (χ0v) is 16.7. The molecule has 4 rings (SSSR count). The monoisotopic (exact) mass is 378 g/mol. The third kappa shape index (κ3) is 4.28. The van der Waals surface area contributed by atoms with Crippen LogP contribution in [0.4, 0.5) is 11.8 Å². The van der Waals surface area contributed by atoms with E-state index in [1.807, 2.05) is 6.07 Å². The first-order valence-corrected chi connectivity index (χ1v) is 10.4. The normalized spacial score (nSPS) is 14.8. The van der Waals surface area contributed by atoms with Crippen LogP contribution in [0.3, 0.4) is 0 Å². The van der Waals surface area contributed by atoms with Gasteiger partial charge in [0.05, 0.1) is 5.52 Å². The highest BCUT2D eigenvalue weighted by molar-refractivity contribution is 5.87. The van der Waals surface area contributed by atoms with Crippen molar-refractivity contribution in [2.24, 2.45) is 0 Å². The van der Waals surface area contributed by atoms with Crippen LogP contribution in [0, 0.1) is 0 Å². The lowest BCUT2D eigenvalue weighted by atomic mass is 10.1. The van der Waals surface area contributed by atoms with Crippen molar-refractivity contribution in [3.8, 4) is 0 Å². The first kappa shape index (κ1) is 18.7. The summed E-state index contributed by atoms with van der Waals surface area (Å²) in [7, 11) is 0. The van der Waals surface area contributed by atoms with Gasteiger partial charge in [-0.1, -0.05) is 37.6 Å². The lowest BCUT2D eigenvalue weighted by Gasteiger charge is -2.16. The molecule has 6 heteroatoms. The van der Waals surface area contributed by atoms with Gasteiger partial charge in [0.15, 0.2) is 5.82 Å². The Kier molecular flexibility index (Phi) is 5.76. The largest absolute Gasteiger partial charge is 0.368 e. The van der Waals surface area contributed by atoms with Crippen LogP contribution in [-0.4, -0.2) is 39.1 Å². The highest BCUT2D eigenvalue weighted by atomic mass is 15.1. The lowest BCUT2D eigenvalue weighted by molar-refractivity contribution is 0.331. The van der Waals surface area contributed by atoms with Crippen LogP contribution >= 0.6 is 0 Å². The molecular formula is C22H30N6. The van der Waals surface area contributed by atoms with Gasteiger partial charge < -0.3 is 15.6 Å². The zero-order valence-electron chi connectivity index (χ0n) is 16.7. The van der Waals surface area contributed by atoms with Gasteiger partial charge >= 0.3 is 0 Å². The molecule has 1 saturated heterocycles. The molecule has 1 aliphatic heterocycles. The number of nitrogens with two attached hydrogens (primary N) is 1. The fraction of sp³-hybridized carbons (Fsp3) is 0.455. The summed E-state index contributed by atoms with van der Waals surface area (Å²) in [6.07, 6.45) is 6.97. The number of nitrogens with zero attached hydrogens (tertiary/aromatic N) is 4. The van der Waals surface area contributed by atoms with Crippen molar-refractivity contribution in [2.75, 3.05) is 30.7 Å². The van der Waals surface area contributed by atoms with E-state index in [0.717, 1.165) is 49.3 Å². The van der Waals surface area contributed by atoms with Crippen molar-refractivity contribution in [3.05, 3.63) is 47.7 Å². The Morgan fingerprint density at radius 2 is 1.86 bits per heavy atom. The molecule has 0 aliphatic carbocycles. The van der Waals surface area contributed by atoms with E-state index in [1.54, 1.807) is 0 Å². The summed E-state index contributed by atoms with van der Waals surface area (Å²) in [6.45, 7) is 7.36. The summed E-state index contributed by atoms with van der Waals surface area (Å²) in [4.78, 5) is 11.4. The van der Waals surface area contributed by atoms with Crippen molar-refractivity contribution in [1.29, 1.82) is 0 Å². The van der Waals surface area contributed by atoms with Gasteiger partial charge in [-0.25, -0.2) is 4.98 Å². The quantitative estimate of drug-likeness (QED) is 0.582. The fourth-order valence-corrected chi connectivity index (χ4v) is 3.99. The van der Waals surface area contributed by atoms with Crippen LogP contribution in [0.1, 0.15) is 43.7 Å². The third-order valence-electron chi connectivity index (χ3n) is 5.40. The predicted octanol–water partition coefficient (Wildman–Crippen LogP) is 3.87. The Morgan fingerprint density at radius 1 is 1.07 bits per heavy atom. The number of anilines is 2. The predicted molar refractivity (Wildman–Crippen MR) is 115 cm³/mol. The van der Waals surface area contributed by atoms with E-state index in [9.17, 15) is 0 Å². The molecule has 0 radical (unpaired) electrons. The number of nitrogens with one attached hydrogen (secondary N) is 1. The van der Waals surface area contributed by atoms with Crippen molar-refractivity contribution < 1.29 is 0 Å². The summed E-state index contributed by atoms with van der Waals surface area (Å²) in [5.41, 5.74) is 10.5. The number of fused-ring (bicyclic) bond motifs is 1. The zero-order chi connectivity index (χ0) is 19.3. The van der Waals surface area contributed by atoms with Crippen LogP contribution in [-0.2, 0) is 13.1 Å². The van der Waals surface area contributed by atoms with Gasteiger partial charge in [0, 0.05) is 25.8 Å². The summed E-state index contributed by atoms with van der Waals surface area (Å²) in [5.74, 6) is 1.14. The maximum Gasteiger partial charge on any atom is 0.222 e. The number of likely N-dealkylation sites (tertiary alicyclic amines) is 1. The van der Waals surface area contributed by atoms with Gasteiger partial charge in [0.1, 0.15) is 5.52 Å². The molecule has 2 aromatic heterocycles. The standard InChI is InChI=1S/C22H30N6/c1-2-3-10-24-21-20-19(25-22(23)26-21)9-13-28(20)16-18-8-6-7-17(14-18)15-27-11-4-5-12-27/h6-9,13-14H,2-5,10-12,15-16H2,1H3,(H3,23,24,25,26). The Labute approximate surface area is 166 Å². The first-order chi connectivity index (χ1) is 13.7. The molecule has 6 nitrogen and oxygen atoms in total. The van der Waals surface area contributed by atoms with Gasteiger partial charge in [-0.15, -0.1) is 0 Å². The number of rotatable bonds is 8. The smallest absolute Gasteiger partial charge is 0.222 e. The molecule has 3 heterocycles. The summed E-state index contributed by atoms with van der Waals surface area (Å²) in [6, 6.07) is 10.9. The number of hydrogen-bond acceptors (Lipinski definition) is 5.